The number of nitrogens with zero attached hydrogens (tertiary/aromatic N) is 3. The minimum atomic E-state index is 0.439. The van der Waals surface area contributed by atoms with Crippen LogP contribution in [0.2, 0.25) is 0 Å². The van der Waals surface area contributed by atoms with Gasteiger partial charge < -0.3 is 14.2 Å². The zero-order valence-electron chi connectivity index (χ0n) is 9.43. The number of hydrogen-bond donors (Lipinski definition) is 0. The maximum atomic E-state index is 5.22. The van der Waals surface area contributed by atoms with Crippen molar-refractivity contribution >= 4 is 5.78 Å². The van der Waals surface area contributed by atoms with Crippen LogP contribution in [0.15, 0.2) is 12.3 Å². The third kappa shape index (κ3) is 1.79. The lowest BCUT2D eigenvalue weighted by atomic mass is 10.5. The van der Waals surface area contributed by atoms with Gasteiger partial charge in [-0.05, 0) is 0 Å². The molecule has 0 saturated heterocycles. The van der Waals surface area contributed by atoms with Gasteiger partial charge >= 0.3 is 0 Å². The Kier molecular flexibility index (Phi) is 2.91. The monoisotopic (exact) mass is 223 g/mol. The van der Waals surface area contributed by atoms with Gasteiger partial charge in [-0.15, -0.1) is 0 Å². The predicted octanol–water partition coefficient (Wildman–Crippen LogP) is 0.893. The molecule has 0 radical (unpaired) electrons. The van der Waals surface area contributed by atoms with E-state index in [1.165, 1.54) is 0 Å². The average molecular weight is 223 g/mol. The van der Waals surface area contributed by atoms with Crippen LogP contribution in [0.25, 0.3) is 5.78 Å². The van der Waals surface area contributed by atoms with Crippen molar-refractivity contribution in [2.24, 2.45) is 0 Å². The van der Waals surface area contributed by atoms with Crippen LogP contribution in [0.4, 0.5) is 0 Å². The Labute approximate surface area is 92.8 Å². The Balaban J connectivity index is 2.55. The van der Waals surface area contributed by atoms with E-state index in [4.69, 9.17) is 14.2 Å². The van der Waals surface area contributed by atoms with Crippen LogP contribution >= 0.6 is 0 Å². The molecule has 0 bridgehead atoms. The standard InChI is InChI=1S/C10H13N3O3/c1-14-6-7-5-13-9(16-3)4-8(15-2)12-10(13)11-7/h4-5H,6H2,1-3H3. The van der Waals surface area contributed by atoms with Crippen LogP contribution in [0.3, 0.4) is 0 Å². The second-order valence-corrected chi connectivity index (χ2v) is 3.18. The number of aromatic nitrogens is 3. The number of hydrogen-bond acceptors (Lipinski definition) is 5. The second kappa shape index (κ2) is 4.36. The Morgan fingerprint density at radius 2 is 2.00 bits per heavy atom. The molecule has 0 aliphatic carbocycles. The van der Waals surface area contributed by atoms with Crippen LogP contribution in [0.5, 0.6) is 11.8 Å². The average Bonchev–Trinajstić information content (AvgIpc) is 2.70. The van der Waals surface area contributed by atoms with Gasteiger partial charge in [0.2, 0.25) is 17.5 Å². The molecule has 0 amide bonds. The van der Waals surface area contributed by atoms with Crippen molar-refractivity contribution in [2.45, 2.75) is 6.61 Å². The third-order valence-corrected chi connectivity index (χ3v) is 2.14. The molecule has 6 heteroatoms. The Morgan fingerprint density at radius 1 is 1.19 bits per heavy atom. The quantitative estimate of drug-likeness (QED) is 0.770. The molecule has 0 fully saturated rings. The summed E-state index contributed by atoms with van der Waals surface area (Å²) < 4.78 is 17.0. The van der Waals surface area contributed by atoms with Crippen molar-refractivity contribution in [3.8, 4) is 11.8 Å². The van der Waals surface area contributed by atoms with Gasteiger partial charge in [0.1, 0.15) is 0 Å². The van der Waals surface area contributed by atoms with Gasteiger partial charge in [0.15, 0.2) is 0 Å². The molecule has 0 aliphatic heterocycles. The molecule has 0 N–H and O–H groups in total. The molecule has 0 atom stereocenters. The Bertz CT molecular complexity index is 495. The lowest BCUT2D eigenvalue weighted by molar-refractivity contribution is 0.182. The molecule has 0 spiro atoms. The summed E-state index contributed by atoms with van der Waals surface area (Å²) in [5.41, 5.74) is 0.793. The smallest absolute Gasteiger partial charge is 0.240 e. The largest absolute Gasteiger partial charge is 0.482 e. The van der Waals surface area contributed by atoms with Gasteiger partial charge in [-0.25, -0.2) is 4.98 Å². The van der Waals surface area contributed by atoms with Crippen molar-refractivity contribution in [2.75, 3.05) is 21.3 Å². The van der Waals surface area contributed by atoms with Crippen molar-refractivity contribution in [3.05, 3.63) is 18.0 Å². The van der Waals surface area contributed by atoms with Crippen LogP contribution in [-0.4, -0.2) is 35.7 Å². The predicted molar refractivity (Wildman–Crippen MR) is 56.8 cm³/mol. The van der Waals surface area contributed by atoms with Crippen molar-refractivity contribution < 1.29 is 14.2 Å². The van der Waals surface area contributed by atoms with E-state index in [1.54, 1.807) is 31.8 Å². The molecular formula is C10H13N3O3. The number of ether oxygens (including phenoxy) is 3. The molecule has 0 aromatic carbocycles. The zero-order chi connectivity index (χ0) is 11.5. The lowest BCUT2D eigenvalue weighted by Crippen LogP contribution is -1.97. The first-order chi connectivity index (χ1) is 7.78. The lowest BCUT2D eigenvalue weighted by Gasteiger charge is -2.04. The van der Waals surface area contributed by atoms with Crippen LogP contribution in [-0.2, 0) is 11.3 Å². The molecule has 0 unspecified atom stereocenters. The van der Waals surface area contributed by atoms with Gasteiger partial charge in [0.25, 0.3) is 0 Å². The maximum absolute atomic E-state index is 5.22. The summed E-state index contributed by atoms with van der Waals surface area (Å²) in [5.74, 6) is 1.62. The van der Waals surface area contributed by atoms with Crippen molar-refractivity contribution in [1.82, 2.24) is 14.4 Å². The fourth-order valence-electron chi connectivity index (χ4n) is 1.44. The second-order valence-electron chi connectivity index (χ2n) is 3.18. The summed E-state index contributed by atoms with van der Waals surface area (Å²) in [6.07, 6.45) is 1.82. The molecule has 16 heavy (non-hydrogen) atoms. The third-order valence-electron chi connectivity index (χ3n) is 2.14. The highest BCUT2D eigenvalue weighted by Crippen LogP contribution is 2.20. The van der Waals surface area contributed by atoms with E-state index in [1.807, 2.05) is 6.20 Å². The highest BCUT2D eigenvalue weighted by molar-refractivity contribution is 5.39. The fourth-order valence-corrected chi connectivity index (χ4v) is 1.44. The summed E-state index contributed by atoms with van der Waals surface area (Å²) in [7, 11) is 4.76. The normalized spacial score (nSPS) is 10.7. The van der Waals surface area contributed by atoms with Gasteiger partial charge in [-0.1, -0.05) is 0 Å². The first-order valence-electron chi connectivity index (χ1n) is 4.74. The van der Waals surface area contributed by atoms with E-state index in [9.17, 15) is 0 Å². The fraction of sp³-hybridized carbons (Fsp3) is 0.400. The minimum absolute atomic E-state index is 0.439. The number of imidazole rings is 1. The summed E-state index contributed by atoms with van der Waals surface area (Å²) in [6, 6.07) is 1.70. The Hall–Kier alpha value is -1.82. The van der Waals surface area contributed by atoms with Gasteiger partial charge in [-0.3, -0.25) is 4.40 Å². The minimum Gasteiger partial charge on any atom is -0.482 e. The van der Waals surface area contributed by atoms with Crippen molar-refractivity contribution in [1.29, 1.82) is 0 Å². The Morgan fingerprint density at radius 3 is 2.62 bits per heavy atom. The molecule has 0 saturated carbocycles. The van der Waals surface area contributed by atoms with E-state index in [-0.39, 0.29) is 0 Å². The van der Waals surface area contributed by atoms with Crippen LogP contribution in [0.1, 0.15) is 5.69 Å². The van der Waals surface area contributed by atoms with Crippen LogP contribution < -0.4 is 9.47 Å². The molecular weight excluding hydrogens is 210 g/mol. The summed E-state index contributed by atoms with van der Waals surface area (Å²) in [4.78, 5) is 8.49. The number of rotatable bonds is 4. The molecule has 86 valence electrons. The highest BCUT2D eigenvalue weighted by atomic mass is 16.5. The van der Waals surface area contributed by atoms with E-state index >= 15 is 0 Å². The molecule has 6 nitrogen and oxygen atoms in total. The first-order valence-corrected chi connectivity index (χ1v) is 4.74. The first kappa shape index (κ1) is 10.7. The molecule has 0 aliphatic rings. The van der Waals surface area contributed by atoms with E-state index in [2.05, 4.69) is 9.97 Å². The van der Waals surface area contributed by atoms with Gasteiger partial charge in [0.05, 0.1) is 32.6 Å². The van der Waals surface area contributed by atoms with E-state index < -0.39 is 0 Å². The molecule has 2 heterocycles. The van der Waals surface area contributed by atoms with Crippen LogP contribution in [0, 0.1) is 0 Å². The van der Waals surface area contributed by atoms with Crippen molar-refractivity contribution in [3.63, 3.8) is 0 Å². The summed E-state index contributed by atoms with van der Waals surface area (Å²) >= 11 is 0. The number of methoxy groups -OCH3 is 3. The van der Waals surface area contributed by atoms with Gasteiger partial charge in [0, 0.05) is 13.3 Å². The summed E-state index contributed by atoms with van der Waals surface area (Å²) in [6.45, 7) is 0.439. The summed E-state index contributed by atoms with van der Waals surface area (Å²) in [5, 5.41) is 0. The SMILES string of the molecule is COCc1cn2c(OC)cc(OC)nc2n1. The highest BCUT2D eigenvalue weighted by Gasteiger charge is 2.09. The topological polar surface area (TPSA) is 57.9 Å². The van der Waals surface area contributed by atoms with E-state index in [0.717, 1.165) is 5.69 Å². The molecule has 2 rings (SSSR count). The molecule has 2 aromatic heterocycles. The number of fused-ring (bicyclic) bond motifs is 1. The maximum Gasteiger partial charge on any atom is 0.240 e. The van der Waals surface area contributed by atoms with E-state index in [0.29, 0.717) is 24.1 Å². The van der Waals surface area contributed by atoms with Gasteiger partial charge in [-0.2, -0.15) is 4.98 Å². The molecule has 2 aromatic rings. The zero-order valence-corrected chi connectivity index (χ0v) is 9.43.